The highest BCUT2D eigenvalue weighted by molar-refractivity contribution is 5.38. The van der Waals surface area contributed by atoms with Gasteiger partial charge in [-0.25, -0.2) is 0 Å². The topological polar surface area (TPSA) is 55.0 Å². The van der Waals surface area contributed by atoms with Gasteiger partial charge in [-0.1, -0.05) is 13.3 Å². The van der Waals surface area contributed by atoms with E-state index in [2.05, 4.69) is 22.0 Å². The Kier molecular flexibility index (Phi) is 3.16. The third kappa shape index (κ3) is 2.26. The lowest BCUT2D eigenvalue weighted by Gasteiger charge is -2.16. The fourth-order valence-corrected chi connectivity index (χ4v) is 2.00. The van der Waals surface area contributed by atoms with Crippen molar-refractivity contribution in [2.24, 2.45) is 11.7 Å². The van der Waals surface area contributed by atoms with Crippen molar-refractivity contribution in [1.29, 1.82) is 0 Å². The molecule has 0 spiro atoms. The largest absolute Gasteiger partial charge is 0.355 e. The smallest absolute Gasteiger partial charge is 0.151 e. The van der Waals surface area contributed by atoms with Crippen molar-refractivity contribution in [3.63, 3.8) is 0 Å². The van der Waals surface area contributed by atoms with Gasteiger partial charge in [0, 0.05) is 19.6 Å². The van der Waals surface area contributed by atoms with Gasteiger partial charge in [-0.05, 0) is 24.5 Å². The van der Waals surface area contributed by atoms with E-state index in [0.29, 0.717) is 6.54 Å². The van der Waals surface area contributed by atoms with Crippen molar-refractivity contribution in [3.05, 3.63) is 17.8 Å². The van der Waals surface area contributed by atoms with Gasteiger partial charge in [0.2, 0.25) is 0 Å². The summed E-state index contributed by atoms with van der Waals surface area (Å²) >= 11 is 0. The molecule has 1 aromatic heterocycles. The first kappa shape index (κ1) is 10.4. The van der Waals surface area contributed by atoms with E-state index in [1.165, 1.54) is 12.8 Å². The van der Waals surface area contributed by atoms with E-state index in [1.54, 1.807) is 0 Å². The van der Waals surface area contributed by atoms with Crippen molar-refractivity contribution in [2.45, 2.75) is 26.3 Å². The Bertz CT molecular complexity index is 309. The number of rotatable bonds is 3. The second kappa shape index (κ2) is 4.57. The van der Waals surface area contributed by atoms with E-state index in [9.17, 15) is 0 Å². The number of nitrogens with two attached hydrogens (primary N) is 1. The number of nitrogens with zero attached hydrogens (tertiary/aromatic N) is 3. The second-order valence-electron chi connectivity index (χ2n) is 4.10. The van der Waals surface area contributed by atoms with Gasteiger partial charge in [-0.2, -0.15) is 5.10 Å². The zero-order valence-corrected chi connectivity index (χ0v) is 9.19. The zero-order chi connectivity index (χ0) is 10.7. The summed E-state index contributed by atoms with van der Waals surface area (Å²) in [6.45, 7) is 4.94. The first-order valence-electron chi connectivity index (χ1n) is 5.61. The van der Waals surface area contributed by atoms with Crippen molar-refractivity contribution < 1.29 is 0 Å². The molecule has 4 nitrogen and oxygen atoms in total. The molecular formula is C11H18N4. The molecular weight excluding hydrogens is 188 g/mol. The Balaban J connectivity index is 2.04. The van der Waals surface area contributed by atoms with Crippen LogP contribution in [-0.2, 0) is 6.54 Å². The fourth-order valence-electron chi connectivity index (χ4n) is 2.00. The van der Waals surface area contributed by atoms with E-state index in [0.717, 1.165) is 30.5 Å². The number of hydrogen-bond acceptors (Lipinski definition) is 4. The summed E-state index contributed by atoms with van der Waals surface area (Å²) in [6, 6.07) is 3.98. The van der Waals surface area contributed by atoms with Gasteiger partial charge >= 0.3 is 0 Å². The van der Waals surface area contributed by atoms with Crippen LogP contribution >= 0.6 is 0 Å². The first-order chi connectivity index (χ1) is 7.33. The van der Waals surface area contributed by atoms with Crippen molar-refractivity contribution in [3.8, 4) is 0 Å². The highest BCUT2D eigenvalue weighted by Gasteiger charge is 2.21. The van der Waals surface area contributed by atoms with E-state index in [-0.39, 0.29) is 0 Å². The van der Waals surface area contributed by atoms with E-state index in [1.807, 2.05) is 12.1 Å². The van der Waals surface area contributed by atoms with Crippen LogP contribution in [0.3, 0.4) is 0 Å². The maximum absolute atomic E-state index is 5.48. The van der Waals surface area contributed by atoms with Crippen molar-refractivity contribution >= 4 is 5.82 Å². The predicted molar refractivity (Wildman–Crippen MR) is 60.5 cm³/mol. The molecule has 1 unspecified atom stereocenters. The van der Waals surface area contributed by atoms with Gasteiger partial charge < -0.3 is 10.6 Å². The van der Waals surface area contributed by atoms with Crippen LogP contribution in [0.4, 0.5) is 5.82 Å². The van der Waals surface area contributed by atoms with Crippen LogP contribution in [0.1, 0.15) is 25.5 Å². The minimum absolute atomic E-state index is 0.463. The van der Waals surface area contributed by atoms with Crippen LogP contribution in [0.25, 0.3) is 0 Å². The molecule has 1 fully saturated rings. The van der Waals surface area contributed by atoms with Gasteiger partial charge in [0.05, 0.1) is 5.69 Å². The standard InChI is InChI=1S/C11H18N4/c1-2-9-5-6-15(8-9)11-4-3-10(7-12)13-14-11/h3-4,9H,2,5-8,12H2,1H3. The summed E-state index contributed by atoms with van der Waals surface area (Å²) in [6.07, 6.45) is 2.53. The third-order valence-electron chi connectivity index (χ3n) is 3.10. The molecule has 1 aromatic rings. The van der Waals surface area contributed by atoms with Crippen molar-refractivity contribution in [1.82, 2.24) is 10.2 Å². The average Bonchev–Trinajstić information content (AvgIpc) is 2.78. The quantitative estimate of drug-likeness (QED) is 0.806. The third-order valence-corrected chi connectivity index (χ3v) is 3.10. The molecule has 1 aliphatic rings. The molecule has 1 saturated heterocycles. The van der Waals surface area contributed by atoms with Crippen LogP contribution in [0, 0.1) is 5.92 Å². The maximum Gasteiger partial charge on any atom is 0.151 e. The summed E-state index contributed by atoms with van der Waals surface area (Å²) in [5.41, 5.74) is 6.33. The maximum atomic E-state index is 5.48. The highest BCUT2D eigenvalue weighted by Crippen LogP contribution is 2.23. The molecule has 4 heteroatoms. The summed E-state index contributed by atoms with van der Waals surface area (Å²) in [7, 11) is 0. The number of aromatic nitrogens is 2. The molecule has 0 radical (unpaired) electrons. The summed E-state index contributed by atoms with van der Waals surface area (Å²) < 4.78 is 0. The predicted octanol–water partition coefficient (Wildman–Crippen LogP) is 1.17. The second-order valence-corrected chi connectivity index (χ2v) is 4.10. The molecule has 0 aliphatic carbocycles. The lowest BCUT2D eigenvalue weighted by Crippen LogP contribution is -2.21. The van der Waals surface area contributed by atoms with Gasteiger partial charge in [-0.3, -0.25) is 0 Å². The first-order valence-corrected chi connectivity index (χ1v) is 5.61. The van der Waals surface area contributed by atoms with E-state index in [4.69, 9.17) is 5.73 Å². The lowest BCUT2D eigenvalue weighted by atomic mass is 10.1. The monoisotopic (exact) mass is 206 g/mol. The Hall–Kier alpha value is -1.16. The van der Waals surface area contributed by atoms with Crippen LogP contribution in [0.15, 0.2) is 12.1 Å². The molecule has 2 heterocycles. The highest BCUT2D eigenvalue weighted by atomic mass is 15.3. The van der Waals surface area contributed by atoms with Crippen LogP contribution in [0.5, 0.6) is 0 Å². The average molecular weight is 206 g/mol. The Labute approximate surface area is 90.5 Å². The molecule has 2 N–H and O–H groups in total. The van der Waals surface area contributed by atoms with E-state index < -0.39 is 0 Å². The number of hydrogen-bond donors (Lipinski definition) is 1. The molecule has 1 atom stereocenters. The minimum Gasteiger partial charge on any atom is -0.355 e. The van der Waals surface area contributed by atoms with Crippen LogP contribution in [0.2, 0.25) is 0 Å². The lowest BCUT2D eigenvalue weighted by molar-refractivity contribution is 0.568. The molecule has 0 bridgehead atoms. The normalized spacial score (nSPS) is 20.9. The van der Waals surface area contributed by atoms with Gasteiger partial charge in [-0.15, -0.1) is 5.10 Å². The minimum atomic E-state index is 0.463. The van der Waals surface area contributed by atoms with Crippen LogP contribution < -0.4 is 10.6 Å². The molecule has 15 heavy (non-hydrogen) atoms. The fraction of sp³-hybridized carbons (Fsp3) is 0.636. The van der Waals surface area contributed by atoms with Crippen LogP contribution in [-0.4, -0.2) is 23.3 Å². The molecule has 1 aliphatic heterocycles. The Morgan fingerprint density at radius 2 is 2.33 bits per heavy atom. The summed E-state index contributed by atoms with van der Waals surface area (Å²) in [5, 5.41) is 8.27. The Morgan fingerprint density at radius 3 is 2.87 bits per heavy atom. The van der Waals surface area contributed by atoms with Gasteiger partial charge in [0.1, 0.15) is 0 Å². The molecule has 0 saturated carbocycles. The number of anilines is 1. The molecule has 0 aromatic carbocycles. The molecule has 82 valence electrons. The molecule has 2 rings (SSSR count). The van der Waals surface area contributed by atoms with Gasteiger partial charge in [0.15, 0.2) is 5.82 Å². The van der Waals surface area contributed by atoms with Crippen molar-refractivity contribution in [2.75, 3.05) is 18.0 Å². The zero-order valence-electron chi connectivity index (χ0n) is 9.19. The SMILES string of the molecule is CCC1CCN(c2ccc(CN)nn2)C1. The Morgan fingerprint density at radius 1 is 1.47 bits per heavy atom. The molecule has 0 amide bonds. The summed E-state index contributed by atoms with van der Waals surface area (Å²) in [4.78, 5) is 2.31. The summed E-state index contributed by atoms with van der Waals surface area (Å²) in [5.74, 6) is 1.81. The van der Waals surface area contributed by atoms with E-state index >= 15 is 0 Å². The van der Waals surface area contributed by atoms with Gasteiger partial charge in [0.25, 0.3) is 0 Å².